The van der Waals surface area contributed by atoms with Crippen molar-refractivity contribution in [2.75, 3.05) is 13.1 Å². The van der Waals surface area contributed by atoms with E-state index in [4.69, 9.17) is 5.11 Å². The third kappa shape index (κ3) is 2.91. The smallest absolute Gasteiger partial charge is 0.317 e. The van der Waals surface area contributed by atoms with E-state index in [-0.39, 0.29) is 18.8 Å². The van der Waals surface area contributed by atoms with Crippen LogP contribution in [0.1, 0.15) is 6.42 Å². The second-order valence-electron chi connectivity index (χ2n) is 3.82. The van der Waals surface area contributed by atoms with Gasteiger partial charge < -0.3 is 10.2 Å². The van der Waals surface area contributed by atoms with Crippen LogP contribution in [0.15, 0.2) is 25.3 Å². The van der Waals surface area contributed by atoms with Crippen molar-refractivity contribution in [3.8, 4) is 0 Å². The van der Waals surface area contributed by atoms with E-state index in [0.29, 0.717) is 13.0 Å². The maximum atomic E-state index is 10.8. The van der Waals surface area contributed by atoms with E-state index >= 15 is 0 Å². The van der Waals surface area contributed by atoms with Gasteiger partial charge in [0, 0.05) is 12.6 Å². The maximum Gasteiger partial charge on any atom is 0.317 e. The summed E-state index contributed by atoms with van der Waals surface area (Å²) in [6.07, 6.45) is 2.71. The highest BCUT2D eigenvalue weighted by Gasteiger charge is 2.36. The summed E-state index contributed by atoms with van der Waals surface area (Å²) in [6, 6.07) is 0.0631. The molecule has 0 aromatic carbocycles. The number of aliphatic carboxylic acids is 1. The van der Waals surface area contributed by atoms with Gasteiger partial charge in [-0.3, -0.25) is 15.0 Å². The maximum absolute atomic E-state index is 10.8. The van der Waals surface area contributed by atoms with Crippen molar-refractivity contribution in [1.29, 1.82) is 0 Å². The van der Waals surface area contributed by atoms with E-state index < -0.39 is 12.1 Å². The lowest BCUT2D eigenvalue weighted by atomic mass is 10.2. The van der Waals surface area contributed by atoms with Crippen molar-refractivity contribution >= 4 is 5.97 Å². The number of aliphatic hydroxyl groups excluding tert-OH is 1. The van der Waals surface area contributed by atoms with Crippen molar-refractivity contribution in [3.63, 3.8) is 0 Å². The number of carboxylic acids is 1. The van der Waals surface area contributed by atoms with Gasteiger partial charge in [0.05, 0.1) is 12.7 Å². The normalized spacial score (nSPS) is 27.6. The average Bonchev–Trinajstić information content (AvgIpc) is 2.61. The second-order valence-corrected chi connectivity index (χ2v) is 3.82. The molecule has 1 aliphatic rings. The Morgan fingerprint density at radius 3 is 2.81 bits per heavy atom. The summed E-state index contributed by atoms with van der Waals surface area (Å²) < 4.78 is 0. The van der Waals surface area contributed by atoms with Crippen LogP contribution in [-0.2, 0) is 4.79 Å². The minimum absolute atomic E-state index is 0.0631. The Labute approximate surface area is 95.1 Å². The van der Waals surface area contributed by atoms with Gasteiger partial charge in [0.25, 0.3) is 0 Å². The molecule has 16 heavy (non-hydrogen) atoms. The van der Waals surface area contributed by atoms with E-state index in [0.717, 1.165) is 0 Å². The van der Waals surface area contributed by atoms with Gasteiger partial charge in [-0.25, -0.2) is 0 Å². The minimum atomic E-state index is -0.904. The van der Waals surface area contributed by atoms with Crippen LogP contribution in [0, 0.1) is 0 Å². The predicted octanol–water partition coefficient (Wildman–Crippen LogP) is -0.206. The highest BCUT2D eigenvalue weighted by molar-refractivity contribution is 5.69. The van der Waals surface area contributed by atoms with Gasteiger partial charge in [-0.05, 0) is 6.42 Å². The van der Waals surface area contributed by atoms with Crippen molar-refractivity contribution < 1.29 is 15.0 Å². The number of carboxylic acid groups (broad SMARTS) is 1. The first-order valence-corrected chi connectivity index (χ1v) is 5.22. The molecule has 0 aromatic heterocycles. The molecule has 0 spiro atoms. The Balaban J connectivity index is 2.73. The molecule has 90 valence electrons. The standard InChI is InChI=1S/C11H18N2O3/c1-3-5-8-6-12-11(9(14)4-2)13(8)7-10(15)16/h3-4,8-9,11-12,14H,1-2,5-7H2,(H,15,16). The molecule has 5 nitrogen and oxygen atoms in total. The molecule has 0 aromatic rings. The molecule has 0 bridgehead atoms. The van der Waals surface area contributed by atoms with E-state index in [9.17, 15) is 9.90 Å². The number of hydrogen-bond donors (Lipinski definition) is 3. The van der Waals surface area contributed by atoms with Crippen LogP contribution in [0.3, 0.4) is 0 Å². The lowest BCUT2D eigenvalue weighted by Gasteiger charge is -2.28. The van der Waals surface area contributed by atoms with Crippen LogP contribution in [-0.4, -0.2) is 52.5 Å². The largest absolute Gasteiger partial charge is 0.480 e. The summed E-state index contributed by atoms with van der Waals surface area (Å²) in [6.45, 7) is 7.70. The van der Waals surface area contributed by atoms with Crippen LogP contribution < -0.4 is 5.32 Å². The highest BCUT2D eigenvalue weighted by atomic mass is 16.4. The van der Waals surface area contributed by atoms with Crippen LogP contribution in [0.5, 0.6) is 0 Å². The topological polar surface area (TPSA) is 72.8 Å². The Bertz CT molecular complexity index is 280. The number of rotatable bonds is 6. The Morgan fingerprint density at radius 2 is 2.31 bits per heavy atom. The van der Waals surface area contributed by atoms with Crippen LogP contribution in [0.2, 0.25) is 0 Å². The van der Waals surface area contributed by atoms with Crippen LogP contribution in [0.25, 0.3) is 0 Å². The van der Waals surface area contributed by atoms with Gasteiger partial charge in [-0.15, -0.1) is 13.2 Å². The quantitative estimate of drug-likeness (QED) is 0.547. The molecule has 0 saturated carbocycles. The summed E-state index contributed by atoms with van der Waals surface area (Å²) >= 11 is 0. The van der Waals surface area contributed by atoms with E-state index in [1.807, 2.05) is 0 Å². The molecule has 0 amide bonds. The van der Waals surface area contributed by atoms with Gasteiger partial charge in [0.1, 0.15) is 6.10 Å². The number of hydrogen-bond acceptors (Lipinski definition) is 4. The number of carbonyl (C=O) groups is 1. The number of aliphatic hydroxyl groups is 1. The fourth-order valence-corrected chi connectivity index (χ4v) is 1.96. The van der Waals surface area contributed by atoms with Gasteiger partial charge in [0.2, 0.25) is 0 Å². The lowest BCUT2D eigenvalue weighted by molar-refractivity contribution is -0.139. The summed E-state index contributed by atoms with van der Waals surface area (Å²) in [5.74, 6) is -0.904. The number of nitrogens with zero attached hydrogens (tertiary/aromatic N) is 1. The molecule has 5 heteroatoms. The molecule has 1 saturated heterocycles. The Kier molecular flexibility index (Phi) is 4.67. The van der Waals surface area contributed by atoms with Gasteiger partial charge in [-0.1, -0.05) is 12.2 Å². The van der Waals surface area contributed by atoms with Gasteiger partial charge >= 0.3 is 5.97 Å². The first kappa shape index (κ1) is 12.9. The highest BCUT2D eigenvalue weighted by Crippen LogP contribution is 2.17. The second kappa shape index (κ2) is 5.79. The third-order valence-corrected chi connectivity index (χ3v) is 2.71. The lowest BCUT2D eigenvalue weighted by Crippen LogP contribution is -2.48. The summed E-state index contributed by atoms with van der Waals surface area (Å²) in [5, 5.41) is 21.6. The first-order valence-electron chi connectivity index (χ1n) is 5.22. The molecule has 3 N–H and O–H groups in total. The molecule has 1 aliphatic heterocycles. The summed E-state index contributed by atoms with van der Waals surface area (Å²) in [4.78, 5) is 12.5. The molecular weight excluding hydrogens is 208 g/mol. The van der Waals surface area contributed by atoms with Gasteiger partial charge in [0.15, 0.2) is 0 Å². The molecular formula is C11H18N2O3. The first-order chi connectivity index (χ1) is 7.60. The SMILES string of the molecule is C=CCC1CNC(C(O)C=C)N1CC(=O)O. The van der Waals surface area contributed by atoms with Crippen molar-refractivity contribution in [2.24, 2.45) is 0 Å². The zero-order chi connectivity index (χ0) is 12.1. The number of nitrogens with one attached hydrogen (secondary N) is 1. The Morgan fingerprint density at radius 1 is 1.62 bits per heavy atom. The molecule has 0 aliphatic carbocycles. The van der Waals surface area contributed by atoms with Crippen molar-refractivity contribution in [2.45, 2.75) is 24.7 Å². The monoisotopic (exact) mass is 226 g/mol. The minimum Gasteiger partial charge on any atom is -0.480 e. The van der Waals surface area contributed by atoms with E-state index in [1.165, 1.54) is 6.08 Å². The fraction of sp³-hybridized carbons (Fsp3) is 0.545. The van der Waals surface area contributed by atoms with Crippen molar-refractivity contribution in [1.82, 2.24) is 10.2 Å². The van der Waals surface area contributed by atoms with E-state index in [1.54, 1.807) is 11.0 Å². The summed E-state index contributed by atoms with van der Waals surface area (Å²) in [7, 11) is 0. The van der Waals surface area contributed by atoms with Gasteiger partial charge in [-0.2, -0.15) is 0 Å². The average molecular weight is 226 g/mol. The van der Waals surface area contributed by atoms with Crippen molar-refractivity contribution in [3.05, 3.63) is 25.3 Å². The molecule has 1 fully saturated rings. The third-order valence-electron chi connectivity index (χ3n) is 2.71. The zero-order valence-electron chi connectivity index (χ0n) is 9.17. The molecule has 1 heterocycles. The molecule has 0 radical (unpaired) electrons. The van der Waals surface area contributed by atoms with E-state index in [2.05, 4.69) is 18.5 Å². The van der Waals surface area contributed by atoms with Crippen LogP contribution in [0.4, 0.5) is 0 Å². The molecule has 3 atom stereocenters. The van der Waals surface area contributed by atoms with Crippen LogP contribution >= 0.6 is 0 Å². The summed E-state index contributed by atoms with van der Waals surface area (Å²) in [5.41, 5.74) is 0. The Hall–Kier alpha value is -1.17. The molecule has 3 unspecified atom stereocenters. The zero-order valence-corrected chi connectivity index (χ0v) is 9.17. The predicted molar refractivity (Wildman–Crippen MR) is 60.9 cm³/mol. The molecule has 1 rings (SSSR count). The fourth-order valence-electron chi connectivity index (χ4n) is 1.96.